The fraction of sp³-hybridized carbons (Fsp3) is 0.417. The Morgan fingerprint density at radius 2 is 1.97 bits per heavy atom. The first kappa shape index (κ1) is 19.5. The van der Waals surface area contributed by atoms with Crippen LogP contribution in [0.1, 0.15) is 54.7 Å². The van der Waals surface area contributed by atoms with Gasteiger partial charge in [0, 0.05) is 12.1 Å². The van der Waals surface area contributed by atoms with Gasteiger partial charge in [-0.1, -0.05) is 50.3 Å². The number of aryl methyl sites for hydroxylation is 1. The topological polar surface area (TPSA) is 56.1 Å². The lowest BCUT2D eigenvalue weighted by Crippen LogP contribution is -2.25. The summed E-state index contributed by atoms with van der Waals surface area (Å²) in [7, 11) is 1.60. The number of carbonyl (C=O) groups is 1. The number of hydrogen-bond donors (Lipinski definition) is 1. The second-order valence-corrected chi connectivity index (χ2v) is 7.88. The van der Waals surface area contributed by atoms with Gasteiger partial charge in [-0.25, -0.2) is 4.98 Å². The number of fused-ring (bicyclic) bond motifs is 1. The number of carbonyl (C=O) groups excluding carboxylic acids is 1. The fourth-order valence-electron chi connectivity index (χ4n) is 4.32. The zero-order chi connectivity index (χ0) is 20.1. The van der Waals surface area contributed by atoms with E-state index in [2.05, 4.69) is 22.0 Å². The average Bonchev–Trinajstić information content (AvgIpc) is 3.14. The van der Waals surface area contributed by atoms with Crippen LogP contribution in [-0.4, -0.2) is 22.6 Å². The largest absolute Gasteiger partial charge is 0.497 e. The van der Waals surface area contributed by atoms with E-state index in [4.69, 9.17) is 9.72 Å². The highest BCUT2D eigenvalue weighted by atomic mass is 16.5. The Hall–Kier alpha value is -2.82. The van der Waals surface area contributed by atoms with Gasteiger partial charge in [0.05, 0.1) is 24.7 Å². The van der Waals surface area contributed by atoms with Crippen molar-refractivity contribution in [3.63, 3.8) is 0 Å². The van der Waals surface area contributed by atoms with Crippen LogP contribution in [0.15, 0.2) is 48.5 Å². The Morgan fingerprint density at radius 1 is 1.14 bits per heavy atom. The number of ether oxygens (including phenoxy) is 1. The molecule has 1 aliphatic rings. The SMILES string of the molecule is COc1cccc(C(=O)NCc2nc3ccccc3n2CCC2CCCCC2)c1. The molecule has 2 aromatic carbocycles. The van der Waals surface area contributed by atoms with E-state index in [-0.39, 0.29) is 5.91 Å². The summed E-state index contributed by atoms with van der Waals surface area (Å²) in [4.78, 5) is 17.4. The molecule has 0 atom stereocenters. The minimum absolute atomic E-state index is 0.116. The number of aromatic nitrogens is 2. The number of amides is 1. The molecule has 1 aromatic heterocycles. The summed E-state index contributed by atoms with van der Waals surface area (Å²) in [6.45, 7) is 1.37. The summed E-state index contributed by atoms with van der Waals surface area (Å²) in [5.74, 6) is 2.29. The van der Waals surface area contributed by atoms with Gasteiger partial charge in [0.15, 0.2) is 0 Å². The Bertz CT molecular complexity index is 973. The molecule has 0 bridgehead atoms. The smallest absolute Gasteiger partial charge is 0.251 e. The molecule has 3 aromatic rings. The van der Waals surface area contributed by atoms with Crippen LogP contribution >= 0.6 is 0 Å². The molecule has 5 heteroatoms. The van der Waals surface area contributed by atoms with Crippen molar-refractivity contribution in [3.8, 4) is 5.75 Å². The number of para-hydroxylation sites is 2. The normalized spacial score (nSPS) is 14.8. The maximum atomic E-state index is 12.6. The van der Waals surface area contributed by atoms with E-state index in [0.717, 1.165) is 29.3 Å². The van der Waals surface area contributed by atoms with Crippen molar-refractivity contribution in [2.75, 3.05) is 7.11 Å². The molecular formula is C24H29N3O2. The van der Waals surface area contributed by atoms with Gasteiger partial charge in [-0.15, -0.1) is 0 Å². The van der Waals surface area contributed by atoms with Crippen LogP contribution in [0, 0.1) is 5.92 Å². The number of imidazole rings is 1. The maximum Gasteiger partial charge on any atom is 0.251 e. The molecule has 1 fully saturated rings. The van der Waals surface area contributed by atoms with Crippen LogP contribution in [0.25, 0.3) is 11.0 Å². The van der Waals surface area contributed by atoms with Crippen molar-refractivity contribution in [2.45, 2.75) is 51.6 Å². The first-order valence-corrected chi connectivity index (χ1v) is 10.6. The summed E-state index contributed by atoms with van der Waals surface area (Å²) in [6, 6.07) is 15.4. The predicted molar refractivity (Wildman–Crippen MR) is 115 cm³/mol. The Morgan fingerprint density at radius 3 is 2.79 bits per heavy atom. The van der Waals surface area contributed by atoms with Crippen LogP contribution in [0.5, 0.6) is 5.75 Å². The lowest BCUT2D eigenvalue weighted by molar-refractivity contribution is 0.0949. The van der Waals surface area contributed by atoms with Crippen molar-refractivity contribution in [3.05, 3.63) is 59.9 Å². The van der Waals surface area contributed by atoms with E-state index >= 15 is 0 Å². The summed E-state index contributed by atoms with van der Waals surface area (Å²) in [5.41, 5.74) is 2.73. The molecule has 0 unspecified atom stereocenters. The first-order chi connectivity index (χ1) is 14.2. The van der Waals surface area contributed by atoms with Crippen LogP contribution < -0.4 is 10.1 Å². The van der Waals surface area contributed by atoms with Gasteiger partial charge in [0.25, 0.3) is 5.91 Å². The third-order valence-electron chi connectivity index (χ3n) is 5.96. The second-order valence-electron chi connectivity index (χ2n) is 7.88. The predicted octanol–water partition coefficient (Wildman–Crippen LogP) is 4.95. The van der Waals surface area contributed by atoms with Gasteiger partial charge in [-0.3, -0.25) is 4.79 Å². The van der Waals surface area contributed by atoms with Crippen LogP contribution in [0.3, 0.4) is 0 Å². The highest BCUT2D eigenvalue weighted by Crippen LogP contribution is 2.28. The van der Waals surface area contributed by atoms with E-state index in [9.17, 15) is 4.79 Å². The van der Waals surface area contributed by atoms with E-state index in [1.54, 1.807) is 19.2 Å². The van der Waals surface area contributed by atoms with Gasteiger partial charge < -0.3 is 14.6 Å². The standard InChI is InChI=1S/C24H29N3O2/c1-29-20-11-7-10-19(16-20)24(28)25-17-23-26-21-12-5-6-13-22(21)27(23)15-14-18-8-3-2-4-9-18/h5-7,10-13,16,18H,2-4,8-9,14-15,17H2,1H3,(H,25,28). The highest BCUT2D eigenvalue weighted by molar-refractivity contribution is 5.94. The minimum atomic E-state index is -0.116. The highest BCUT2D eigenvalue weighted by Gasteiger charge is 2.17. The number of rotatable bonds is 7. The molecule has 1 aliphatic carbocycles. The quantitative estimate of drug-likeness (QED) is 0.620. The maximum absolute atomic E-state index is 12.6. The molecule has 0 aliphatic heterocycles. The molecule has 1 amide bonds. The molecule has 4 rings (SSSR count). The van der Waals surface area contributed by atoms with Crippen molar-refractivity contribution in [1.29, 1.82) is 0 Å². The van der Waals surface area contributed by atoms with Gasteiger partial charge in [-0.2, -0.15) is 0 Å². The number of nitrogens with one attached hydrogen (secondary N) is 1. The minimum Gasteiger partial charge on any atom is -0.497 e. The van der Waals surface area contributed by atoms with E-state index in [1.807, 2.05) is 24.3 Å². The van der Waals surface area contributed by atoms with Crippen molar-refractivity contribution >= 4 is 16.9 Å². The van der Waals surface area contributed by atoms with Crippen LogP contribution in [-0.2, 0) is 13.1 Å². The molecule has 0 radical (unpaired) electrons. The van der Waals surface area contributed by atoms with Crippen molar-refractivity contribution in [1.82, 2.24) is 14.9 Å². The number of nitrogens with zero attached hydrogens (tertiary/aromatic N) is 2. The van der Waals surface area contributed by atoms with Gasteiger partial charge in [-0.05, 0) is 42.7 Å². The molecule has 1 N–H and O–H groups in total. The molecule has 152 valence electrons. The number of methoxy groups -OCH3 is 1. The Balaban J connectivity index is 1.49. The third-order valence-corrected chi connectivity index (χ3v) is 5.96. The van der Waals surface area contributed by atoms with Crippen LogP contribution in [0.2, 0.25) is 0 Å². The van der Waals surface area contributed by atoms with E-state index in [0.29, 0.717) is 17.9 Å². The number of benzene rings is 2. The van der Waals surface area contributed by atoms with E-state index < -0.39 is 0 Å². The third kappa shape index (κ3) is 4.61. The summed E-state index contributed by atoms with van der Waals surface area (Å²) in [6.07, 6.45) is 7.96. The van der Waals surface area contributed by atoms with Crippen molar-refractivity contribution < 1.29 is 9.53 Å². The molecule has 1 heterocycles. The average molecular weight is 392 g/mol. The van der Waals surface area contributed by atoms with E-state index in [1.165, 1.54) is 38.5 Å². The molecule has 1 saturated carbocycles. The molecule has 0 spiro atoms. The Labute approximate surface area is 172 Å². The molecule has 29 heavy (non-hydrogen) atoms. The van der Waals surface area contributed by atoms with Crippen LogP contribution in [0.4, 0.5) is 0 Å². The summed E-state index contributed by atoms with van der Waals surface area (Å²) >= 11 is 0. The van der Waals surface area contributed by atoms with Gasteiger partial charge >= 0.3 is 0 Å². The van der Waals surface area contributed by atoms with Crippen molar-refractivity contribution in [2.24, 2.45) is 5.92 Å². The molecule has 0 saturated heterocycles. The molecule has 5 nitrogen and oxygen atoms in total. The lowest BCUT2D eigenvalue weighted by Gasteiger charge is -2.22. The second kappa shape index (κ2) is 9.12. The summed E-state index contributed by atoms with van der Waals surface area (Å²) < 4.78 is 7.51. The zero-order valence-corrected chi connectivity index (χ0v) is 17.1. The lowest BCUT2D eigenvalue weighted by atomic mass is 9.87. The van der Waals surface area contributed by atoms with Gasteiger partial charge in [0.1, 0.15) is 11.6 Å². The number of hydrogen-bond acceptors (Lipinski definition) is 3. The zero-order valence-electron chi connectivity index (χ0n) is 17.1. The first-order valence-electron chi connectivity index (χ1n) is 10.6. The monoisotopic (exact) mass is 391 g/mol. The molecular weight excluding hydrogens is 362 g/mol. The van der Waals surface area contributed by atoms with Gasteiger partial charge in [0.2, 0.25) is 0 Å². The fourth-order valence-corrected chi connectivity index (χ4v) is 4.32. The Kier molecular flexibility index (Phi) is 6.13. The summed E-state index contributed by atoms with van der Waals surface area (Å²) in [5, 5.41) is 3.03.